The molecule has 4 aromatic rings. The van der Waals surface area contributed by atoms with E-state index in [1.54, 1.807) is 42.5 Å². The Morgan fingerprint density at radius 2 is 1.84 bits per heavy atom. The molecule has 0 fully saturated rings. The maximum Gasteiger partial charge on any atom is 0.291 e. The number of amides is 1. The third-order valence-corrected chi connectivity index (χ3v) is 5.59. The highest BCUT2D eigenvalue weighted by Gasteiger charge is 2.24. The molecular weight excluding hydrogens is 416 g/mol. The van der Waals surface area contributed by atoms with Crippen LogP contribution in [-0.4, -0.2) is 35.8 Å². The molecule has 2 heterocycles. The van der Waals surface area contributed by atoms with Crippen molar-refractivity contribution < 1.29 is 17.6 Å². The van der Waals surface area contributed by atoms with Crippen molar-refractivity contribution >= 4 is 32.4 Å². The van der Waals surface area contributed by atoms with Crippen LogP contribution in [0.4, 0.5) is 5.69 Å². The zero-order valence-electron chi connectivity index (χ0n) is 17.3. The van der Waals surface area contributed by atoms with Crippen LogP contribution in [0.5, 0.6) is 0 Å². The highest BCUT2D eigenvalue weighted by Crippen LogP contribution is 2.30. The minimum Gasteiger partial charge on any atom is -0.451 e. The summed E-state index contributed by atoms with van der Waals surface area (Å²) in [6, 6.07) is 14.1. The van der Waals surface area contributed by atoms with Crippen molar-refractivity contribution in [2.24, 2.45) is 0 Å². The van der Waals surface area contributed by atoms with E-state index in [-0.39, 0.29) is 17.4 Å². The third kappa shape index (κ3) is 4.36. The lowest BCUT2D eigenvalue weighted by Gasteiger charge is -2.09. The average Bonchev–Trinajstić information content (AvgIpc) is 3.33. The highest BCUT2D eigenvalue weighted by molar-refractivity contribution is 7.89. The van der Waals surface area contributed by atoms with Crippen molar-refractivity contribution in [2.45, 2.75) is 25.5 Å². The molecule has 0 atom stereocenters. The van der Waals surface area contributed by atoms with Gasteiger partial charge < -0.3 is 9.73 Å². The van der Waals surface area contributed by atoms with Gasteiger partial charge in [0, 0.05) is 28.7 Å². The molecule has 0 bridgehead atoms. The van der Waals surface area contributed by atoms with Crippen molar-refractivity contribution in [2.75, 3.05) is 11.6 Å². The van der Waals surface area contributed by atoms with Gasteiger partial charge in [-0.2, -0.15) is 5.10 Å². The Balaban J connectivity index is 1.73. The molecule has 160 valence electrons. The van der Waals surface area contributed by atoms with Crippen LogP contribution in [0, 0.1) is 0 Å². The van der Waals surface area contributed by atoms with Crippen LogP contribution in [0.1, 0.15) is 41.7 Å². The maximum absolute atomic E-state index is 13.1. The quantitative estimate of drug-likeness (QED) is 0.467. The molecule has 0 saturated carbocycles. The van der Waals surface area contributed by atoms with E-state index in [4.69, 9.17) is 4.42 Å². The second kappa shape index (κ2) is 7.99. The summed E-state index contributed by atoms with van der Waals surface area (Å²) in [5, 5.41) is 10.6. The Kier molecular flexibility index (Phi) is 5.36. The molecule has 0 unspecified atom stereocenters. The summed E-state index contributed by atoms with van der Waals surface area (Å²) >= 11 is 0. The summed E-state index contributed by atoms with van der Waals surface area (Å²) in [6.07, 6.45) is 1.13. The zero-order valence-corrected chi connectivity index (χ0v) is 18.2. The first-order chi connectivity index (χ1) is 14.7. The van der Waals surface area contributed by atoms with E-state index in [1.165, 1.54) is 0 Å². The Morgan fingerprint density at radius 3 is 2.55 bits per heavy atom. The molecule has 0 spiro atoms. The van der Waals surface area contributed by atoms with Gasteiger partial charge in [0.25, 0.3) is 5.91 Å². The van der Waals surface area contributed by atoms with E-state index in [0.717, 1.165) is 12.1 Å². The van der Waals surface area contributed by atoms with Crippen LogP contribution in [0.2, 0.25) is 0 Å². The van der Waals surface area contributed by atoms with Crippen molar-refractivity contribution in [3.63, 3.8) is 0 Å². The molecule has 2 aromatic carbocycles. The van der Waals surface area contributed by atoms with Gasteiger partial charge in [0.2, 0.25) is 0 Å². The van der Waals surface area contributed by atoms with Crippen molar-refractivity contribution in [3.05, 3.63) is 65.7 Å². The molecule has 2 N–H and O–H groups in total. The number of nitrogens with zero attached hydrogens (tertiary/aromatic N) is 2. The molecule has 0 aliphatic carbocycles. The number of carbonyl (C=O) groups excluding carboxylic acids is 1. The molecule has 2 aromatic heterocycles. The highest BCUT2D eigenvalue weighted by atomic mass is 32.2. The number of rotatable bonds is 6. The fraction of sp³-hybridized carbons (Fsp3) is 0.227. The minimum absolute atomic E-state index is 0.0284. The smallest absolute Gasteiger partial charge is 0.291 e. The van der Waals surface area contributed by atoms with E-state index >= 15 is 0 Å². The lowest BCUT2D eigenvalue weighted by atomic mass is 10.1. The number of H-pyrrole nitrogens is 1. The number of sulfone groups is 1. The third-order valence-electron chi connectivity index (χ3n) is 4.78. The van der Waals surface area contributed by atoms with Crippen LogP contribution in [0.15, 0.2) is 52.9 Å². The Hall–Kier alpha value is -3.46. The standard InChI is InChI=1S/C22H22N4O4S/c1-13(2)20-24-21(26-25-20)15-9-4-6-10-17(15)23-22(27)19-16(12-31(3,28)29)14-8-5-7-11-18(14)30-19/h4-11,13H,12H2,1-3H3,(H,23,27)(H,24,25,26). The topological polar surface area (TPSA) is 118 Å². The normalized spacial score (nSPS) is 11.9. The number of hydrogen-bond acceptors (Lipinski definition) is 6. The van der Waals surface area contributed by atoms with E-state index in [9.17, 15) is 13.2 Å². The molecule has 8 nitrogen and oxygen atoms in total. The fourth-order valence-corrected chi connectivity index (χ4v) is 4.12. The molecular formula is C22H22N4O4S. The zero-order chi connectivity index (χ0) is 22.2. The molecule has 9 heteroatoms. The summed E-state index contributed by atoms with van der Waals surface area (Å²) < 4.78 is 29.7. The number of carbonyl (C=O) groups is 1. The minimum atomic E-state index is -3.39. The second-order valence-electron chi connectivity index (χ2n) is 7.67. The Morgan fingerprint density at radius 1 is 1.13 bits per heavy atom. The lowest BCUT2D eigenvalue weighted by Crippen LogP contribution is -2.15. The predicted molar refractivity (Wildman–Crippen MR) is 119 cm³/mol. The largest absolute Gasteiger partial charge is 0.451 e. The monoisotopic (exact) mass is 438 g/mol. The predicted octanol–water partition coefficient (Wildman–Crippen LogP) is 4.14. The van der Waals surface area contributed by atoms with Gasteiger partial charge in [0.15, 0.2) is 21.4 Å². The first-order valence-corrected chi connectivity index (χ1v) is 11.8. The van der Waals surface area contributed by atoms with Crippen LogP contribution in [0.3, 0.4) is 0 Å². The number of nitrogens with one attached hydrogen (secondary N) is 2. The molecule has 4 rings (SSSR count). The van der Waals surface area contributed by atoms with Crippen LogP contribution >= 0.6 is 0 Å². The van der Waals surface area contributed by atoms with Crippen LogP contribution in [-0.2, 0) is 15.6 Å². The van der Waals surface area contributed by atoms with Gasteiger partial charge >= 0.3 is 0 Å². The number of benzene rings is 2. The summed E-state index contributed by atoms with van der Waals surface area (Å²) in [7, 11) is -3.39. The number of hydrogen-bond donors (Lipinski definition) is 2. The molecule has 0 saturated heterocycles. The van der Waals surface area contributed by atoms with Crippen molar-refractivity contribution in [1.82, 2.24) is 15.2 Å². The first-order valence-electron chi connectivity index (χ1n) is 9.74. The molecule has 0 aliphatic rings. The number of aromatic amines is 1. The maximum atomic E-state index is 13.1. The van der Waals surface area contributed by atoms with Crippen LogP contribution in [0.25, 0.3) is 22.4 Å². The average molecular weight is 439 g/mol. The van der Waals surface area contributed by atoms with E-state index in [2.05, 4.69) is 20.5 Å². The van der Waals surface area contributed by atoms with Gasteiger partial charge in [0.05, 0.1) is 11.4 Å². The number of para-hydroxylation sites is 2. The summed E-state index contributed by atoms with van der Waals surface area (Å²) in [4.78, 5) is 17.6. The number of furan rings is 1. The van der Waals surface area contributed by atoms with E-state index in [1.807, 2.05) is 19.9 Å². The first kappa shape index (κ1) is 20.8. The van der Waals surface area contributed by atoms with Gasteiger partial charge in [-0.3, -0.25) is 9.89 Å². The Bertz CT molecular complexity index is 1370. The van der Waals surface area contributed by atoms with Crippen LogP contribution < -0.4 is 5.32 Å². The second-order valence-corrected chi connectivity index (χ2v) is 9.81. The van der Waals surface area contributed by atoms with E-state index in [0.29, 0.717) is 33.6 Å². The Labute approximate surface area is 179 Å². The van der Waals surface area contributed by atoms with E-state index < -0.39 is 15.7 Å². The lowest BCUT2D eigenvalue weighted by molar-refractivity contribution is 0.0998. The van der Waals surface area contributed by atoms with Gasteiger partial charge in [-0.15, -0.1) is 0 Å². The summed E-state index contributed by atoms with van der Waals surface area (Å²) in [5.41, 5.74) is 1.93. The van der Waals surface area contributed by atoms with Crippen molar-refractivity contribution in [3.8, 4) is 11.4 Å². The SMILES string of the molecule is CC(C)c1nc(-c2ccccc2NC(=O)c2oc3ccccc3c2CS(C)(=O)=O)n[nH]1. The molecule has 31 heavy (non-hydrogen) atoms. The summed E-state index contributed by atoms with van der Waals surface area (Å²) in [5.74, 6) is 0.510. The number of fused-ring (bicyclic) bond motifs is 1. The van der Waals surface area contributed by atoms with Gasteiger partial charge in [0.1, 0.15) is 11.4 Å². The van der Waals surface area contributed by atoms with Gasteiger partial charge in [-0.25, -0.2) is 13.4 Å². The fourth-order valence-electron chi connectivity index (χ4n) is 3.31. The molecule has 0 aliphatic heterocycles. The number of anilines is 1. The summed E-state index contributed by atoms with van der Waals surface area (Å²) in [6.45, 7) is 4.01. The molecule has 1 amide bonds. The number of aromatic nitrogens is 3. The van der Waals surface area contributed by atoms with Gasteiger partial charge in [-0.1, -0.05) is 44.2 Å². The van der Waals surface area contributed by atoms with Gasteiger partial charge in [-0.05, 0) is 18.2 Å². The van der Waals surface area contributed by atoms with Crippen molar-refractivity contribution in [1.29, 1.82) is 0 Å². The molecule has 0 radical (unpaired) electrons.